The number of alkyl halides is 3. The standard InChI is InChI=1S/C16H12F4N2O2/c17-10-3-1-8(2-4-10)11-6-12(11)14(23)22-13-5-9(16(18,19)20)7-21-15(13)24/h1-5,7,11-12H,6H2,(H,21,24)(H,22,23)/t11-,12-/m0/s1. The maximum absolute atomic E-state index is 12.9. The van der Waals surface area contributed by atoms with Crippen molar-refractivity contribution in [2.24, 2.45) is 5.92 Å². The largest absolute Gasteiger partial charge is 0.417 e. The van der Waals surface area contributed by atoms with Crippen molar-refractivity contribution in [3.8, 4) is 0 Å². The number of H-pyrrole nitrogens is 1. The van der Waals surface area contributed by atoms with E-state index in [-0.39, 0.29) is 5.92 Å². The molecule has 0 unspecified atom stereocenters. The van der Waals surface area contributed by atoms with E-state index in [0.29, 0.717) is 18.7 Å². The number of nitrogens with one attached hydrogen (secondary N) is 2. The fourth-order valence-corrected chi connectivity index (χ4v) is 2.53. The summed E-state index contributed by atoms with van der Waals surface area (Å²) in [6.07, 6.45) is -3.58. The topological polar surface area (TPSA) is 62.0 Å². The average molecular weight is 340 g/mol. The molecular formula is C16H12F4N2O2. The number of rotatable bonds is 3. The van der Waals surface area contributed by atoms with E-state index in [9.17, 15) is 27.2 Å². The number of amides is 1. The van der Waals surface area contributed by atoms with Gasteiger partial charge in [-0.05, 0) is 36.1 Å². The minimum Gasteiger partial charge on any atom is -0.327 e. The smallest absolute Gasteiger partial charge is 0.327 e. The molecule has 2 N–H and O–H groups in total. The molecule has 2 atom stereocenters. The summed E-state index contributed by atoms with van der Waals surface area (Å²) in [5.41, 5.74) is -1.53. The third-order valence-electron chi connectivity index (χ3n) is 3.91. The Balaban J connectivity index is 1.72. The van der Waals surface area contributed by atoms with Crippen molar-refractivity contribution in [1.82, 2.24) is 4.98 Å². The minimum atomic E-state index is -4.63. The number of aromatic nitrogens is 1. The van der Waals surface area contributed by atoms with Crippen molar-refractivity contribution in [1.29, 1.82) is 0 Å². The van der Waals surface area contributed by atoms with E-state index in [1.165, 1.54) is 12.1 Å². The van der Waals surface area contributed by atoms with Gasteiger partial charge in [-0.15, -0.1) is 0 Å². The molecule has 2 aromatic rings. The summed E-state index contributed by atoms with van der Waals surface area (Å²) >= 11 is 0. The zero-order valence-electron chi connectivity index (χ0n) is 12.2. The lowest BCUT2D eigenvalue weighted by molar-refractivity contribution is -0.137. The number of halogens is 4. The third kappa shape index (κ3) is 3.32. The first-order valence-corrected chi connectivity index (χ1v) is 7.12. The molecule has 1 amide bonds. The van der Waals surface area contributed by atoms with Crippen molar-refractivity contribution < 1.29 is 22.4 Å². The van der Waals surface area contributed by atoms with Gasteiger partial charge in [-0.2, -0.15) is 13.2 Å². The van der Waals surface area contributed by atoms with Crippen LogP contribution in [-0.2, 0) is 11.0 Å². The summed E-state index contributed by atoms with van der Waals surface area (Å²) in [6, 6.07) is 6.28. The van der Waals surface area contributed by atoms with E-state index in [1.54, 1.807) is 12.1 Å². The van der Waals surface area contributed by atoms with Crippen LogP contribution in [0.3, 0.4) is 0 Å². The SMILES string of the molecule is O=C(Nc1cc(C(F)(F)F)c[nH]c1=O)[C@H]1C[C@H]1c1ccc(F)cc1. The lowest BCUT2D eigenvalue weighted by Crippen LogP contribution is -2.22. The van der Waals surface area contributed by atoms with Crippen LogP contribution in [0.1, 0.15) is 23.5 Å². The molecule has 1 aromatic heterocycles. The third-order valence-corrected chi connectivity index (χ3v) is 3.91. The Morgan fingerprint density at radius 3 is 2.50 bits per heavy atom. The Kier molecular flexibility index (Phi) is 3.90. The number of benzene rings is 1. The molecule has 1 saturated carbocycles. The predicted molar refractivity (Wildman–Crippen MR) is 77.9 cm³/mol. The van der Waals surface area contributed by atoms with Crippen LogP contribution in [0.5, 0.6) is 0 Å². The molecule has 1 fully saturated rings. The second kappa shape index (κ2) is 5.77. The van der Waals surface area contributed by atoms with Crippen LogP contribution in [0, 0.1) is 11.7 Å². The molecule has 3 rings (SSSR count). The Bertz CT molecular complexity index is 827. The second-order valence-corrected chi connectivity index (χ2v) is 5.62. The number of pyridine rings is 1. The lowest BCUT2D eigenvalue weighted by atomic mass is 10.1. The van der Waals surface area contributed by atoms with Gasteiger partial charge in [-0.25, -0.2) is 4.39 Å². The van der Waals surface area contributed by atoms with Gasteiger partial charge in [0.1, 0.15) is 11.5 Å². The van der Waals surface area contributed by atoms with Gasteiger partial charge >= 0.3 is 6.18 Å². The number of carbonyl (C=O) groups is 1. The van der Waals surface area contributed by atoms with Gasteiger partial charge in [-0.3, -0.25) is 9.59 Å². The normalized spacial score (nSPS) is 19.8. The van der Waals surface area contributed by atoms with Gasteiger partial charge in [0.05, 0.1) is 5.56 Å². The molecule has 0 spiro atoms. The van der Waals surface area contributed by atoms with Crippen LogP contribution in [-0.4, -0.2) is 10.9 Å². The van der Waals surface area contributed by atoms with Crippen LogP contribution < -0.4 is 10.9 Å². The highest BCUT2D eigenvalue weighted by Gasteiger charge is 2.44. The first-order valence-electron chi connectivity index (χ1n) is 7.12. The first-order chi connectivity index (χ1) is 11.3. The summed E-state index contributed by atoms with van der Waals surface area (Å²) in [7, 11) is 0. The molecule has 8 heteroatoms. The van der Waals surface area contributed by atoms with Crippen LogP contribution in [0.4, 0.5) is 23.2 Å². The highest BCUT2D eigenvalue weighted by molar-refractivity contribution is 5.95. The molecule has 1 aromatic carbocycles. The van der Waals surface area contributed by atoms with E-state index < -0.39 is 40.6 Å². The fraction of sp³-hybridized carbons (Fsp3) is 0.250. The van der Waals surface area contributed by atoms with E-state index >= 15 is 0 Å². The van der Waals surface area contributed by atoms with E-state index in [1.807, 2.05) is 4.98 Å². The van der Waals surface area contributed by atoms with Gasteiger partial charge in [0.25, 0.3) is 5.56 Å². The molecule has 24 heavy (non-hydrogen) atoms. The van der Waals surface area contributed by atoms with Gasteiger partial charge < -0.3 is 10.3 Å². The maximum Gasteiger partial charge on any atom is 0.417 e. The van der Waals surface area contributed by atoms with Crippen LogP contribution in [0.25, 0.3) is 0 Å². The summed E-state index contributed by atoms with van der Waals surface area (Å²) in [6.45, 7) is 0. The van der Waals surface area contributed by atoms with Crippen molar-refractivity contribution >= 4 is 11.6 Å². The molecule has 1 aliphatic rings. The van der Waals surface area contributed by atoms with Crippen LogP contribution >= 0.6 is 0 Å². The molecule has 0 aliphatic heterocycles. The number of carbonyl (C=O) groups excluding carboxylic acids is 1. The number of hydrogen-bond donors (Lipinski definition) is 2. The van der Waals surface area contributed by atoms with E-state index in [4.69, 9.17) is 0 Å². The molecular weight excluding hydrogens is 328 g/mol. The summed E-state index contributed by atoms with van der Waals surface area (Å²) in [5.74, 6) is -1.51. The first kappa shape index (κ1) is 16.2. The summed E-state index contributed by atoms with van der Waals surface area (Å²) in [4.78, 5) is 25.7. The molecule has 0 bridgehead atoms. The fourth-order valence-electron chi connectivity index (χ4n) is 2.53. The Hall–Kier alpha value is -2.64. The van der Waals surface area contributed by atoms with Crippen LogP contribution in [0.15, 0.2) is 41.3 Å². The summed E-state index contributed by atoms with van der Waals surface area (Å²) in [5, 5.41) is 2.24. The average Bonchev–Trinajstić information content (AvgIpc) is 3.29. The van der Waals surface area contributed by atoms with Crippen molar-refractivity contribution in [3.05, 3.63) is 63.8 Å². The Labute approximate surface area is 133 Å². The molecule has 0 saturated heterocycles. The van der Waals surface area contributed by atoms with Crippen LogP contribution in [0.2, 0.25) is 0 Å². The predicted octanol–water partition coefficient (Wildman–Crippen LogP) is 3.28. The van der Waals surface area contributed by atoms with Gasteiger partial charge in [0, 0.05) is 12.1 Å². The number of anilines is 1. The molecule has 4 nitrogen and oxygen atoms in total. The molecule has 1 aliphatic carbocycles. The highest BCUT2D eigenvalue weighted by atomic mass is 19.4. The van der Waals surface area contributed by atoms with Crippen molar-refractivity contribution in [2.75, 3.05) is 5.32 Å². The zero-order valence-corrected chi connectivity index (χ0v) is 12.2. The number of aromatic amines is 1. The quantitative estimate of drug-likeness (QED) is 0.843. The lowest BCUT2D eigenvalue weighted by Gasteiger charge is -2.09. The molecule has 1 heterocycles. The maximum atomic E-state index is 12.9. The monoisotopic (exact) mass is 340 g/mol. The van der Waals surface area contributed by atoms with Gasteiger partial charge in [0.2, 0.25) is 5.91 Å². The van der Waals surface area contributed by atoms with Crippen molar-refractivity contribution in [3.63, 3.8) is 0 Å². The minimum absolute atomic E-state index is 0.129. The van der Waals surface area contributed by atoms with E-state index in [0.717, 1.165) is 5.56 Å². The second-order valence-electron chi connectivity index (χ2n) is 5.62. The Morgan fingerprint density at radius 1 is 1.21 bits per heavy atom. The summed E-state index contributed by atoms with van der Waals surface area (Å²) < 4.78 is 50.9. The number of hydrogen-bond acceptors (Lipinski definition) is 2. The Morgan fingerprint density at radius 2 is 1.88 bits per heavy atom. The molecule has 126 valence electrons. The molecule has 0 radical (unpaired) electrons. The van der Waals surface area contributed by atoms with Gasteiger partial charge in [0.15, 0.2) is 0 Å². The van der Waals surface area contributed by atoms with Crippen molar-refractivity contribution in [2.45, 2.75) is 18.5 Å². The van der Waals surface area contributed by atoms with Gasteiger partial charge in [-0.1, -0.05) is 12.1 Å². The van der Waals surface area contributed by atoms with E-state index in [2.05, 4.69) is 5.32 Å². The highest BCUT2D eigenvalue weighted by Crippen LogP contribution is 2.47. The zero-order chi connectivity index (χ0) is 17.5.